The Balaban J connectivity index is 1.88. The van der Waals surface area contributed by atoms with Crippen LogP contribution >= 0.6 is 0 Å². The van der Waals surface area contributed by atoms with Crippen LogP contribution in [0.25, 0.3) is 11.3 Å². The molecule has 1 aliphatic rings. The maximum atomic E-state index is 14.2. The lowest BCUT2D eigenvalue weighted by Crippen LogP contribution is -2.33. The minimum absolute atomic E-state index is 0.141. The van der Waals surface area contributed by atoms with Crippen molar-refractivity contribution in [2.45, 2.75) is 38.0 Å². The predicted molar refractivity (Wildman–Crippen MR) is 93.5 cm³/mol. The summed E-state index contributed by atoms with van der Waals surface area (Å²) in [6.45, 7) is 4.14. The van der Waals surface area contributed by atoms with Gasteiger partial charge in [0.1, 0.15) is 17.5 Å². The second-order valence-electron chi connectivity index (χ2n) is 6.97. The summed E-state index contributed by atoms with van der Waals surface area (Å²) in [5, 5.41) is 8.55. The Morgan fingerprint density at radius 1 is 1.04 bits per heavy atom. The third-order valence-electron chi connectivity index (χ3n) is 5.23. The quantitative estimate of drug-likeness (QED) is 0.685. The summed E-state index contributed by atoms with van der Waals surface area (Å²) in [4.78, 5) is 8.82. The highest BCUT2D eigenvalue weighted by Crippen LogP contribution is 2.45. The summed E-state index contributed by atoms with van der Waals surface area (Å²) in [6.07, 6.45) is 5.17. The van der Waals surface area contributed by atoms with Gasteiger partial charge in [0.15, 0.2) is 0 Å². The summed E-state index contributed by atoms with van der Waals surface area (Å²) >= 11 is 0. The van der Waals surface area contributed by atoms with Crippen molar-refractivity contribution in [1.82, 2.24) is 20.2 Å². The van der Waals surface area contributed by atoms with Crippen LogP contribution in [0.15, 0.2) is 42.7 Å². The Labute approximate surface area is 150 Å². The van der Waals surface area contributed by atoms with E-state index in [4.69, 9.17) is 0 Å². The van der Waals surface area contributed by atoms with Crippen LogP contribution in [0.4, 0.5) is 8.78 Å². The normalized spacial score (nSPS) is 22.1. The van der Waals surface area contributed by atoms with E-state index in [9.17, 15) is 8.78 Å². The van der Waals surface area contributed by atoms with E-state index in [0.717, 1.165) is 24.1 Å². The maximum Gasteiger partial charge on any atom is 0.140 e. The van der Waals surface area contributed by atoms with E-state index in [-0.39, 0.29) is 17.2 Å². The molecule has 1 aromatic carbocycles. The van der Waals surface area contributed by atoms with Crippen LogP contribution in [0.2, 0.25) is 0 Å². The largest absolute Gasteiger partial charge is 0.240 e. The van der Waals surface area contributed by atoms with Gasteiger partial charge in [0.25, 0.3) is 0 Å². The van der Waals surface area contributed by atoms with Crippen LogP contribution in [0.3, 0.4) is 0 Å². The molecule has 0 bridgehead atoms. The number of fused-ring (bicyclic) bond motifs is 1. The molecular formula is C20H18F2N4. The van der Waals surface area contributed by atoms with Gasteiger partial charge in [-0.25, -0.2) is 18.7 Å². The maximum absolute atomic E-state index is 14.2. The SMILES string of the molecule is C[C@H]1CC[C@](C)(c2ncccn2)c2nnc(-c3c(F)cccc3F)cc21. The molecule has 0 saturated carbocycles. The second-order valence-corrected chi connectivity index (χ2v) is 6.97. The van der Waals surface area contributed by atoms with E-state index in [1.54, 1.807) is 24.5 Å². The molecule has 2 heterocycles. The van der Waals surface area contributed by atoms with Crippen molar-refractivity contribution >= 4 is 0 Å². The first-order valence-electron chi connectivity index (χ1n) is 8.60. The zero-order valence-corrected chi connectivity index (χ0v) is 14.6. The molecule has 0 aliphatic heterocycles. The van der Waals surface area contributed by atoms with Gasteiger partial charge in [0.05, 0.1) is 22.4 Å². The number of halogens is 2. The van der Waals surface area contributed by atoms with Gasteiger partial charge < -0.3 is 0 Å². The van der Waals surface area contributed by atoms with Crippen LogP contribution < -0.4 is 0 Å². The molecule has 3 aromatic rings. The fraction of sp³-hybridized carbons (Fsp3) is 0.300. The Bertz CT molecular complexity index is 941. The molecule has 0 spiro atoms. The van der Waals surface area contributed by atoms with Crippen molar-refractivity contribution < 1.29 is 8.78 Å². The molecule has 2 aromatic heterocycles. The van der Waals surface area contributed by atoms with Crippen LogP contribution in [0.1, 0.15) is 49.7 Å². The van der Waals surface area contributed by atoms with Gasteiger partial charge >= 0.3 is 0 Å². The van der Waals surface area contributed by atoms with E-state index in [1.807, 2.05) is 6.92 Å². The van der Waals surface area contributed by atoms with Crippen molar-refractivity contribution in [2.75, 3.05) is 0 Å². The average Bonchev–Trinajstić information content (AvgIpc) is 2.65. The molecule has 2 atom stereocenters. The molecule has 0 unspecified atom stereocenters. The number of nitrogens with zero attached hydrogens (tertiary/aromatic N) is 4. The van der Waals surface area contributed by atoms with Gasteiger partial charge in [-0.2, -0.15) is 5.10 Å². The molecule has 1 aliphatic carbocycles. The van der Waals surface area contributed by atoms with Gasteiger partial charge in [-0.3, -0.25) is 0 Å². The number of rotatable bonds is 2. The lowest BCUT2D eigenvalue weighted by molar-refractivity contribution is 0.394. The highest BCUT2D eigenvalue weighted by molar-refractivity contribution is 5.62. The Hall–Kier alpha value is -2.76. The van der Waals surface area contributed by atoms with E-state index < -0.39 is 17.0 Å². The fourth-order valence-corrected chi connectivity index (χ4v) is 3.66. The van der Waals surface area contributed by atoms with E-state index >= 15 is 0 Å². The third-order valence-corrected chi connectivity index (χ3v) is 5.23. The minimum Gasteiger partial charge on any atom is -0.240 e. The van der Waals surface area contributed by atoms with Crippen LogP contribution in [-0.2, 0) is 5.41 Å². The zero-order chi connectivity index (χ0) is 18.3. The van der Waals surface area contributed by atoms with Crippen molar-refractivity contribution in [3.63, 3.8) is 0 Å². The molecule has 0 amide bonds. The minimum atomic E-state index is -0.642. The number of hydrogen-bond acceptors (Lipinski definition) is 4. The van der Waals surface area contributed by atoms with E-state index in [2.05, 4.69) is 27.1 Å². The van der Waals surface area contributed by atoms with Crippen LogP contribution in [-0.4, -0.2) is 20.2 Å². The molecule has 0 N–H and O–H groups in total. The first-order valence-corrected chi connectivity index (χ1v) is 8.60. The molecule has 4 nitrogen and oxygen atoms in total. The van der Waals surface area contributed by atoms with Crippen molar-refractivity contribution in [3.8, 4) is 11.3 Å². The van der Waals surface area contributed by atoms with Gasteiger partial charge in [0.2, 0.25) is 0 Å². The first-order chi connectivity index (χ1) is 12.5. The smallest absolute Gasteiger partial charge is 0.140 e. The topological polar surface area (TPSA) is 51.6 Å². The molecule has 0 fully saturated rings. The van der Waals surface area contributed by atoms with Gasteiger partial charge in [0, 0.05) is 12.4 Å². The molecular weight excluding hydrogens is 334 g/mol. The van der Waals surface area contributed by atoms with Crippen molar-refractivity contribution in [1.29, 1.82) is 0 Å². The monoisotopic (exact) mass is 352 g/mol. The summed E-state index contributed by atoms with van der Waals surface area (Å²) in [5.74, 6) is -0.383. The lowest BCUT2D eigenvalue weighted by atomic mass is 9.70. The summed E-state index contributed by atoms with van der Waals surface area (Å²) in [7, 11) is 0. The second kappa shape index (κ2) is 6.20. The summed E-state index contributed by atoms with van der Waals surface area (Å²) < 4.78 is 28.3. The van der Waals surface area contributed by atoms with Crippen molar-refractivity contribution in [2.24, 2.45) is 0 Å². The molecule has 132 valence electrons. The Morgan fingerprint density at radius 3 is 2.42 bits per heavy atom. The fourth-order valence-electron chi connectivity index (χ4n) is 3.66. The first kappa shape index (κ1) is 16.7. The summed E-state index contributed by atoms with van der Waals surface area (Å²) in [5.41, 5.74) is 1.33. The summed E-state index contributed by atoms with van der Waals surface area (Å²) in [6, 6.07) is 7.33. The number of benzene rings is 1. The molecule has 0 radical (unpaired) electrons. The molecule has 6 heteroatoms. The Kier molecular flexibility index (Phi) is 3.98. The highest BCUT2D eigenvalue weighted by atomic mass is 19.1. The molecule has 4 rings (SSSR count). The average molecular weight is 352 g/mol. The van der Waals surface area contributed by atoms with Gasteiger partial charge in [-0.15, -0.1) is 5.10 Å². The van der Waals surface area contributed by atoms with E-state index in [1.165, 1.54) is 18.2 Å². The number of hydrogen-bond donors (Lipinski definition) is 0. The van der Waals surface area contributed by atoms with Crippen molar-refractivity contribution in [3.05, 3.63) is 71.4 Å². The Morgan fingerprint density at radius 2 is 1.73 bits per heavy atom. The van der Waals surface area contributed by atoms with E-state index in [0.29, 0.717) is 5.82 Å². The van der Waals surface area contributed by atoms with Gasteiger partial charge in [-0.1, -0.05) is 13.0 Å². The van der Waals surface area contributed by atoms with Gasteiger partial charge in [-0.05, 0) is 55.5 Å². The standard InChI is InChI=1S/C20H18F2N4/c1-12-7-8-20(2,19-23-9-4-10-24-19)18-13(12)11-16(25-26-18)17-14(21)5-3-6-15(17)22/h3-6,9-12H,7-8H2,1-2H3/t12-,20-/m0/s1. The molecule has 0 saturated heterocycles. The zero-order valence-electron chi connectivity index (χ0n) is 14.6. The van der Waals surface area contributed by atoms with Crippen LogP contribution in [0.5, 0.6) is 0 Å². The third kappa shape index (κ3) is 2.57. The highest BCUT2D eigenvalue weighted by Gasteiger charge is 2.40. The van der Waals surface area contributed by atoms with Crippen LogP contribution in [0, 0.1) is 11.6 Å². The predicted octanol–water partition coefficient (Wildman–Crippen LogP) is 4.42. The number of aromatic nitrogens is 4. The molecule has 26 heavy (non-hydrogen) atoms. The lowest BCUT2D eigenvalue weighted by Gasteiger charge is -2.35.